The molecule has 0 aromatic carbocycles. The summed E-state index contributed by atoms with van der Waals surface area (Å²) >= 11 is 0. The van der Waals surface area contributed by atoms with Gasteiger partial charge in [-0.25, -0.2) is 0 Å². The zero-order valence-electron chi connectivity index (χ0n) is 7.94. The summed E-state index contributed by atoms with van der Waals surface area (Å²) in [6.07, 6.45) is -1.05. The molecule has 4 nitrogen and oxygen atoms in total. The Morgan fingerprint density at radius 2 is 1.25 bits per heavy atom. The summed E-state index contributed by atoms with van der Waals surface area (Å²) in [5.74, 6) is 0. The standard InChI is InChI=1S/2C4H10O2/c1-4(6)2-3-5;1-3(5)4(2)6/h4-6H,2-3H2,1H3;3-6H,1-2H3. The Labute approximate surface area is 73.5 Å². The molecule has 0 spiro atoms. The summed E-state index contributed by atoms with van der Waals surface area (Å²) in [4.78, 5) is 0. The lowest BCUT2D eigenvalue weighted by atomic mass is 10.3. The maximum absolute atomic E-state index is 8.39. The number of hydrogen-bond donors (Lipinski definition) is 4. The van der Waals surface area contributed by atoms with E-state index in [1.165, 1.54) is 0 Å². The molecule has 0 rings (SSSR count). The minimum Gasteiger partial charge on any atom is -0.396 e. The van der Waals surface area contributed by atoms with E-state index in [4.69, 9.17) is 20.4 Å². The number of aliphatic hydroxyl groups is 4. The molecule has 0 saturated carbocycles. The summed E-state index contributed by atoms with van der Waals surface area (Å²) in [6, 6.07) is 0. The fraction of sp³-hybridized carbons (Fsp3) is 1.00. The normalized spacial score (nSPS) is 17.2. The van der Waals surface area contributed by atoms with Gasteiger partial charge in [0.05, 0.1) is 18.3 Å². The Balaban J connectivity index is 0. The van der Waals surface area contributed by atoms with Crippen molar-refractivity contribution >= 4 is 0 Å². The molecule has 4 N–H and O–H groups in total. The maximum Gasteiger partial charge on any atom is 0.0768 e. The highest BCUT2D eigenvalue weighted by atomic mass is 16.3. The van der Waals surface area contributed by atoms with E-state index in [9.17, 15) is 0 Å². The molecular formula is C8H20O4. The van der Waals surface area contributed by atoms with Gasteiger partial charge in [-0.2, -0.15) is 0 Å². The Morgan fingerprint density at radius 3 is 1.25 bits per heavy atom. The summed E-state index contributed by atoms with van der Waals surface area (Å²) in [5.41, 5.74) is 0. The van der Waals surface area contributed by atoms with Crippen molar-refractivity contribution in [3.8, 4) is 0 Å². The average Bonchev–Trinajstić information content (AvgIpc) is 1.87. The van der Waals surface area contributed by atoms with Crippen LogP contribution >= 0.6 is 0 Å². The fourth-order valence-corrected chi connectivity index (χ4v) is 0.187. The van der Waals surface area contributed by atoms with Gasteiger partial charge >= 0.3 is 0 Å². The molecule has 0 amide bonds. The van der Waals surface area contributed by atoms with Gasteiger partial charge < -0.3 is 20.4 Å². The lowest BCUT2D eigenvalue weighted by Crippen LogP contribution is -2.17. The van der Waals surface area contributed by atoms with Crippen molar-refractivity contribution in [2.75, 3.05) is 6.61 Å². The van der Waals surface area contributed by atoms with Crippen LogP contribution in [0.25, 0.3) is 0 Å². The Bertz CT molecular complexity index is 75.1. The van der Waals surface area contributed by atoms with Gasteiger partial charge in [0, 0.05) is 6.61 Å². The Morgan fingerprint density at radius 1 is 0.917 bits per heavy atom. The van der Waals surface area contributed by atoms with Gasteiger partial charge in [0.15, 0.2) is 0 Å². The van der Waals surface area contributed by atoms with Crippen LogP contribution in [-0.4, -0.2) is 45.3 Å². The first kappa shape index (κ1) is 14.4. The van der Waals surface area contributed by atoms with E-state index in [1.807, 2.05) is 0 Å². The molecule has 0 aromatic heterocycles. The molecule has 4 heteroatoms. The first-order valence-electron chi connectivity index (χ1n) is 4.06. The summed E-state index contributed by atoms with van der Waals surface area (Å²) < 4.78 is 0. The number of aliphatic hydroxyl groups excluding tert-OH is 4. The van der Waals surface area contributed by atoms with E-state index in [0.717, 1.165) is 0 Å². The molecule has 0 fully saturated rings. The van der Waals surface area contributed by atoms with Crippen LogP contribution in [0.3, 0.4) is 0 Å². The molecule has 0 aliphatic carbocycles. The Hall–Kier alpha value is -0.160. The van der Waals surface area contributed by atoms with Gasteiger partial charge in [0.2, 0.25) is 0 Å². The second-order valence-corrected chi connectivity index (χ2v) is 2.84. The molecule has 0 bridgehead atoms. The first-order valence-corrected chi connectivity index (χ1v) is 4.06. The molecular weight excluding hydrogens is 160 g/mol. The van der Waals surface area contributed by atoms with E-state index >= 15 is 0 Å². The molecule has 3 unspecified atom stereocenters. The van der Waals surface area contributed by atoms with E-state index in [-0.39, 0.29) is 12.7 Å². The lowest BCUT2D eigenvalue weighted by molar-refractivity contribution is 0.0438. The molecule has 0 saturated heterocycles. The van der Waals surface area contributed by atoms with Crippen molar-refractivity contribution in [3.05, 3.63) is 0 Å². The SMILES string of the molecule is CC(O)C(C)O.CC(O)CCO. The predicted molar refractivity (Wildman–Crippen MR) is 46.7 cm³/mol. The van der Waals surface area contributed by atoms with Crippen molar-refractivity contribution in [3.63, 3.8) is 0 Å². The van der Waals surface area contributed by atoms with E-state index in [1.54, 1.807) is 20.8 Å². The smallest absolute Gasteiger partial charge is 0.0768 e. The van der Waals surface area contributed by atoms with Crippen LogP contribution in [0.5, 0.6) is 0 Å². The van der Waals surface area contributed by atoms with Crippen LogP contribution in [0.1, 0.15) is 27.2 Å². The van der Waals surface area contributed by atoms with Gasteiger partial charge in [0.1, 0.15) is 0 Å². The topological polar surface area (TPSA) is 80.9 Å². The molecule has 12 heavy (non-hydrogen) atoms. The zero-order chi connectivity index (χ0) is 10.1. The molecule has 76 valence electrons. The minimum absolute atomic E-state index is 0.0810. The third kappa shape index (κ3) is 16.4. The van der Waals surface area contributed by atoms with Crippen molar-refractivity contribution < 1.29 is 20.4 Å². The second-order valence-electron chi connectivity index (χ2n) is 2.84. The van der Waals surface area contributed by atoms with E-state index in [0.29, 0.717) is 6.42 Å². The lowest BCUT2D eigenvalue weighted by Gasteiger charge is -2.03. The van der Waals surface area contributed by atoms with Crippen molar-refractivity contribution in [2.24, 2.45) is 0 Å². The van der Waals surface area contributed by atoms with Gasteiger partial charge in [0.25, 0.3) is 0 Å². The maximum atomic E-state index is 8.39. The molecule has 0 aromatic rings. The summed E-state index contributed by atoms with van der Waals surface area (Å²) in [5, 5.41) is 33.2. The third-order valence-electron chi connectivity index (χ3n) is 1.25. The van der Waals surface area contributed by atoms with Crippen LogP contribution in [0.2, 0.25) is 0 Å². The molecule has 0 heterocycles. The van der Waals surface area contributed by atoms with E-state index < -0.39 is 12.2 Å². The summed E-state index contributed by atoms with van der Waals surface area (Å²) in [6.45, 7) is 4.82. The van der Waals surface area contributed by atoms with Gasteiger partial charge in [-0.3, -0.25) is 0 Å². The molecule has 0 aliphatic heterocycles. The highest BCUT2D eigenvalue weighted by molar-refractivity contribution is 4.50. The quantitative estimate of drug-likeness (QED) is 0.472. The van der Waals surface area contributed by atoms with Gasteiger partial charge in [-0.1, -0.05) is 0 Å². The summed E-state index contributed by atoms with van der Waals surface area (Å²) in [7, 11) is 0. The van der Waals surface area contributed by atoms with Gasteiger partial charge in [-0.05, 0) is 27.2 Å². The minimum atomic E-state index is -0.593. The first-order chi connectivity index (χ1) is 5.41. The van der Waals surface area contributed by atoms with Crippen molar-refractivity contribution in [1.82, 2.24) is 0 Å². The van der Waals surface area contributed by atoms with Crippen LogP contribution in [-0.2, 0) is 0 Å². The predicted octanol–water partition coefficient (Wildman–Crippen LogP) is -0.502. The van der Waals surface area contributed by atoms with Crippen LogP contribution in [0.4, 0.5) is 0 Å². The monoisotopic (exact) mass is 180 g/mol. The Kier molecular flexibility index (Phi) is 10.7. The highest BCUT2D eigenvalue weighted by Crippen LogP contribution is 1.85. The van der Waals surface area contributed by atoms with Crippen molar-refractivity contribution in [1.29, 1.82) is 0 Å². The molecule has 0 radical (unpaired) electrons. The van der Waals surface area contributed by atoms with Crippen LogP contribution in [0.15, 0.2) is 0 Å². The largest absolute Gasteiger partial charge is 0.396 e. The van der Waals surface area contributed by atoms with Crippen molar-refractivity contribution in [2.45, 2.75) is 45.5 Å². The third-order valence-corrected chi connectivity index (χ3v) is 1.25. The van der Waals surface area contributed by atoms with Crippen LogP contribution < -0.4 is 0 Å². The molecule has 3 atom stereocenters. The van der Waals surface area contributed by atoms with Gasteiger partial charge in [-0.15, -0.1) is 0 Å². The zero-order valence-corrected chi connectivity index (χ0v) is 7.94. The van der Waals surface area contributed by atoms with E-state index in [2.05, 4.69) is 0 Å². The number of hydrogen-bond acceptors (Lipinski definition) is 4. The average molecular weight is 180 g/mol. The highest BCUT2D eigenvalue weighted by Gasteiger charge is 1.99. The van der Waals surface area contributed by atoms with Crippen LogP contribution in [0, 0.1) is 0 Å². The number of rotatable bonds is 3. The molecule has 0 aliphatic rings. The fourth-order valence-electron chi connectivity index (χ4n) is 0.187. The second kappa shape index (κ2) is 8.93.